The molecule has 8 nitrogen and oxygen atoms in total. The van der Waals surface area contributed by atoms with Crippen molar-refractivity contribution >= 4 is 17.8 Å². The van der Waals surface area contributed by atoms with Crippen LogP contribution in [0.15, 0.2) is 0 Å². The van der Waals surface area contributed by atoms with Gasteiger partial charge in [0.2, 0.25) is 5.91 Å². The van der Waals surface area contributed by atoms with Gasteiger partial charge in [-0.05, 0) is 0 Å². The van der Waals surface area contributed by atoms with Crippen LogP contribution in [0.2, 0.25) is 0 Å². The van der Waals surface area contributed by atoms with Crippen molar-refractivity contribution < 1.29 is 29.0 Å². The summed E-state index contributed by atoms with van der Waals surface area (Å²) in [6.07, 6.45) is -0.412. The van der Waals surface area contributed by atoms with Crippen molar-refractivity contribution in [2.45, 2.75) is 18.5 Å². The molecule has 2 atom stereocenters. The summed E-state index contributed by atoms with van der Waals surface area (Å²) >= 11 is 0. The van der Waals surface area contributed by atoms with Crippen LogP contribution in [0.3, 0.4) is 0 Å². The Hall–Kier alpha value is -1.67. The standard InChI is InChI=1S/C10H16N2O6/c1-17-8(13)4-6(10(15)16)12-9(14)7-5-18-3-2-11-7/h6-7,11H,2-5H2,1H3,(H,12,14)(H,15,16)/t6-,7?/m0/s1. The first-order valence-corrected chi connectivity index (χ1v) is 5.45. The number of esters is 1. The van der Waals surface area contributed by atoms with Crippen LogP contribution in [0.4, 0.5) is 0 Å². The van der Waals surface area contributed by atoms with Crippen LogP contribution in [-0.2, 0) is 23.9 Å². The molecule has 0 bridgehead atoms. The molecule has 18 heavy (non-hydrogen) atoms. The summed E-state index contributed by atoms with van der Waals surface area (Å²) < 4.78 is 9.45. The second kappa shape index (κ2) is 6.92. The van der Waals surface area contributed by atoms with Crippen LogP contribution >= 0.6 is 0 Å². The Labute approximate surface area is 104 Å². The van der Waals surface area contributed by atoms with E-state index < -0.39 is 36.4 Å². The van der Waals surface area contributed by atoms with E-state index in [1.165, 1.54) is 0 Å². The van der Waals surface area contributed by atoms with Crippen LogP contribution in [0.1, 0.15) is 6.42 Å². The summed E-state index contributed by atoms with van der Waals surface area (Å²) in [5.41, 5.74) is 0. The lowest BCUT2D eigenvalue weighted by Crippen LogP contribution is -2.55. The van der Waals surface area contributed by atoms with Gasteiger partial charge in [0.15, 0.2) is 0 Å². The third-order valence-corrected chi connectivity index (χ3v) is 2.45. The van der Waals surface area contributed by atoms with Crippen molar-refractivity contribution in [1.29, 1.82) is 0 Å². The van der Waals surface area contributed by atoms with Crippen molar-refractivity contribution in [3.8, 4) is 0 Å². The van der Waals surface area contributed by atoms with Gasteiger partial charge >= 0.3 is 11.9 Å². The number of nitrogens with one attached hydrogen (secondary N) is 2. The average molecular weight is 260 g/mol. The van der Waals surface area contributed by atoms with E-state index >= 15 is 0 Å². The molecule has 3 N–H and O–H groups in total. The van der Waals surface area contributed by atoms with Gasteiger partial charge in [0.25, 0.3) is 0 Å². The van der Waals surface area contributed by atoms with Gasteiger partial charge in [0, 0.05) is 6.54 Å². The predicted octanol–water partition coefficient (Wildman–Crippen LogP) is -1.89. The van der Waals surface area contributed by atoms with Crippen LogP contribution in [0.25, 0.3) is 0 Å². The summed E-state index contributed by atoms with van der Waals surface area (Å²) in [5.74, 6) is -2.49. The summed E-state index contributed by atoms with van der Waals surface area (Å²) in [5, 5.41) is 14.0. The molecule has 0 aromatic rings. The number of carbonyl (C=O) groups excluding carboxylic acids is 2. The van der Waals surface area contributed by atoms with E-state index in [0.29, 0.717) is 13.2 Å². The van der Waals surface area contributed by atoms with Gasteiger partial charge in [-0.3, -0.25) is 9.59 Å². The van der Waals surface area contributed by atoms with Crippen LogP contribution < -0.4 is 10.6 Å². The molecule has 8 heteroatoms. The number of carboxylic acid groups (broad SMARTS) is 1. The smallest absolute Gasteiger partial charge is 0.326 e. The summed E-state index contributed by atoms with van der Waals surface area (Å²) in [4.78, 5) is 33.6. The van der Waals surface area contributed by atoms with E-state index in [4.69, 9.17) is 9.84 Å². The molecule has 1 heterocycles. The van der Waals surface area contributed by atoms with Crippen LogP contribution in [-0.4, -0.2) is 61.9 Å². The molecule has 0 spiro atoms. The largest absolute Gasteiger partial charge is 0.480 e. The maximum Gasteiger partial charge on any atom is 0.326 e. The number of carboxylic acids is 1. The fourth-order valence-electron chi connectivity index (χ4n) is 1.46. The molecular weight excluding hydrogens is 244 g/mol. The highest BCUT2D eigenvalue weighted by molar-refractivity contribution is 5.89. The van der Waals surface area contributed by atoms with E-state index in [0.717, 1.165) is 7.11 Å². The highest BCUT2D eigenvalue weighted by atomic mass is 16.5. The molecule has 0 aromatic heterocycles. The Kier molecular flexibility index (Phi) is 5.53. The Morgan fingerprint density at radius 2 is 2.28 bits per heavy atom. The highest BCUT2D eigenvalue weighted by Crippen LogP contribution is 1.99. The lowest BCUT2D eigenvalue weighted by molar-refractivity contribution is -0.149. The third-order valence-electron chi connectivity index (χ3n) is 2.45. The molecule has 1 unspecified atom stereocenters. The number of aliphatic carboxylic acids is 1. The quantitative estimate of drug-likeness (QED) is 0.495. The summed E-state index contributed by atoms with van der Waals surface area (Å²) in [7, 11) is 1.15. The molecule has 1 aliphatic heterocycles. The molecule has 1 rings (SSSR count). The molecule has 1 saturated heterocycles. The molecular formula is C10H16N2O6. The number of hydrogen-bond acceptors (Lipinski definition) is 6. The zero-order valence-electron chi connectivity index (χ0n) is 9.97. The van der Waals surface area contributed by atoms with E-state index in [9.17, 15) is 14.4 Å². The first kappa shape index (κ1) is 14.4. The number of morpholine rings is 1. The first-order valence-electron chi connectivity index (χ1n) is 5.45. The Morgan fingerprint density at radius 1 is 1.56 bits per heavy atom. The van der Waals surface area contributed by atoms with Crippen molar-refractivity contribution in [3.63, 3.8) is 0 Å². The summed E-state index contributed by atoms with van der Waals surface area (Å²) in [6.45, 7) is 1.21. The second-order valence-corrected chi connectivity index (χ2v) is 3.76. The fraction of sp³-hybridized carbons (Fsp3) is 0.700. The van der Waals surface area contributed by atoms with Gasteiger partial charge in [-0.1, -0.05) is 0 Å². The second-order valence-electron chi connectivity index (χ2n) is 3.76. The van der Waals surface area contributed by atoms with E-state index in [1.807, 2.05) is 0 Å². The number of rotatable bonds is 5. The minimum atomic E-state index is -1.30. The highest BCUT2D eigenvalue weighted by Gasteiger charge is 2.28. The molecule has 0 aliphatic carbocycles. The summed E-state index contributed by atoms with van der Waals surface area (Å²) in [6, 6.07) is -1.90. The van der Waals surface area contributed by atoms with Gasteiger partial charge in [0.1, 0.15) is 12.1 Å². The SMILES string of the molecule is COC(=O)C[C@H](NC(=O)C1COCCN1)C(=O)O. The molecule has 1 aliphatic rings. The van der Waals surface area contributed by atoms with Gasteiger partial charge in [0.05, 0.1) is 26.7 Å². The third kappa shape index (κ3) is 4.30. The van der Waals surface area contributed by atoms with Gasteiger partial charge in [-0.15, -0.1) is 0 Å². The lowest BCUT2D eigenvalue weighted by atomic mass is 10.2. The van der Waals surface area contributed by atoms with Crippen molar-refractivity contribution in [3.05, 3.63) is 0 Å². The molecule has 1 amide bonds. The average Bonchev–Trinajstić information content (AvgIpc) is 2.38. The number of amides is 1. The van der Waals surface area contributed by atoms with E-state index in [-0.39, 0.29) is 6.61 Å². The number of hydrogen-bond donors (Lipinski definition) is 3. The van der Waals surface area contributed by atoms with E-state index in [2.05, 4.69) is 15.4 Å². The Bertz CT molecular complexity index is 326. The number of methoxy groups -OCH3 is 1. The van der Waals surface area contributed by atoms with Gasteiger partial charge < -0.3 is 25.2 Å². The zero-order chi connectivity index (χ0) is 13.5. The lowest BCUT2D eigenvalue weighted by Gasteiger charge is -2.24. The van der Waals surface area contributed by atoms with Crippen LogP contribution in [0.5, 0.6) is 0 Å². The van der Waals surface area contributed by atoms with Gasteiger partial charge in [-0.2, -0.15) is 0 Å². The van der Waals surface area contributed by atoms with Crippen LogP contribution in [0, 0.1) is 0 Å². The molecule has 102 valence electrons. The molecule has 0 radical (unpaired) electrons. The van der Waals surface area contributed by atoms with Crippen molar-refractivity contribution in [2.24, 2.45) is 0 Å². The Morgan fingerprint density at radius 3 is 2.78 bits per heavy atom. The maximum atomic E-state index is 11.7. The minimum Gasteiger partial charge on any atom is -0.480 e. The molecule has 1 fully saturated rings. The number of ether oxygens (including phenoxy) is 2. The fourth-order valence-corrected chi connectivity index (χ4v) is 1.46. The first-order chi connectivity index (χ1) is 8.54. The topological polar surface area (TPSA) is 114 Å². The normalized spacial score (nSPS) is 20.8. The number of carbonyl (C=O) groups is 3. The van der Waals surface area contributed by atoms with Crippen molar-refractivity contribution in [2.75, 3.05) is 26.9 Å². The minimum absolute atomic E-state index is 0.177. The predicted molar refractivity (Wildman–Crippen MR) is 58.8 cm³/mol. The molecule has 0 saturated carbocycles. The van der Waals surface area contributed by atoms with E-state index in [1.54, 1.807) is 0 Å². The Balaban J connectivity index is 2.51. The van der Waals surface area contributed by atoms with Crippen molar-refractivity contribution in [1.82, 2.24) is 10.6 Å². The molecule has 0 aromatic carbocycles. The zero-order valence-corrected chi connectivity index (χ0v) is 9.97. The monoisotopic (exact) mass is 260 g/mol. The van der Waals surface area contributed by atoms with Gasteiger partial charge in [-0.25, -0.2) is 4.79 Å². The maximum absolute atomic E-state index is 11.7.